The van der Waals surface area contributed by atoms with Gasteiger partial charge in [0.1, 0.15) is 4.47 Å². The van der Waals surface area contributed by atoms with Gasteiger partial charge in [-0.15, -0.1) is 0 Å². The first kappa shape index (κ1) is 15.2. The van der Waals surface area contributed by atoms with Gasteiger partial charge in [0.25, 0.3) is 5.56 Å². The first-order chi connectivity index (χ1) is 8.70. The van der Waals surface area contributed by atoms with Crippen LogP contribution in [0.25, 0.3) is 0 Å². The molecule has 1 N–H and O–H groups in total. The molecule has 18 heavy (non-hydrogen) atoms. The summed E-state index contributed by atoms with van der Waals surface area (Å²) in [6.45, 7) is 6.67. The average Bonchev–Trinajstić information content (AvgIpc) is 2.38. The molecule has 0 unspecified atom stereocenters. The van der Waals surface area contributed by atoms with E-state index >= 15 is 0 Å². The van der Waals surface area contributed by atoms with E-state index in [0.29, 0.717) is 29.9 Å². The molecule has 1 aromatic heterocycles. The van der Waals surface area contributed by atoms with E-state index in [1.165, 1.54) is 4.68 Å². The smallest absolute Gasteiger partial charge is 0.283 e. The highest BCUT2D eigenvalue weighted by Gasteiger charge is 2.06. The molecule has 0 bridgehead atoms. The number of nitrogens with one attached hydrogen (secondary N) is 1. The van der Waals surface area contributed by atoms with Crippen LogP contribution in [-0.4, -0.2) is 29.5 Å². The number of hydrogen-bond donors (Lipinski definition) is 1. The van der Waals surface area contributed by atoms with Gasteiger partial charge < -0.3 is 10.1 Å². The molecule has 0 aliphatic heterocycles. The van der Waals surface area contributed by atoms with Crippen LogP contribution in [0.1, 0.15) is 26.7 Å². The Morgan fingerprint density at radius 1 is 1.44 bits per heavy atom. The van der Waals surface area contributed by atoms with E-state index in [4.69, 9.17) is 4.74 Å². The minimum absolute atomic E-state index is 0.116. The Labute approximate surface area is 116 Å². The van der Waals surface area contributed by atoms with Crippen molar-refractivity contribution in [1.29, 1.82) is 0 Å². The number of unbranched alkanes of at least 4 members (excludes halogenated alkanes) is 1. The van der Waals surface area contributed by atoms with E-state index < -0.39 is 0 Å². The highest BCUT2D eigenvalue weighted by atomic mass is 79.9. The first-order valence-electron chi connectivity index (χ1n) is 6.27. The Balaban J connectivity index is 2.43. The molecular weight excluding hydrogens is 298 g/mol. The fourth-order valence-corrected chi connectivity index (χ4v) is 1.87. The standard InChI is InChI=1S/C12H20BrN3O2/c1-3-5-7-18-8-6-14-10-9-15-16(4-2)12(17)11(10)13/h9,14H,3-8H2,1-2H3. The van der Waals surface area contributed by atoms with Crippen LogP contribution in [0.15, 0.2) is 15.5 Å². The van der Waals surface area contributed by atoms with Crippen molar-refractivity contribution in [3.63, 3.8) is 0 Å². The van der Waals surface area contributed by atoms with Crippen LogP contribution in [0.3, 0.4) is 0 Å². The first-order valence-corrected chi connectivity index (χ1v) is 7.07. The third-order valence-corrected chi connectivity index (χ3v) is 3.25. The summed E-state index contributed by atoms with van der Waals surface area (Å²) in [5.74, 6) is 0. The van der Waals surface area contributed by atoms with Crippen LogP contribution in [0.2, 0.25) is 0 Å². The normalized spacial score (nSPS) is 10.6. The zero-order valence-electron chi connectivity index (χ0n) is 10.9. The third kappa shape index (κ3) is 4.42. The van der Waals surface area contributed by atoms with Crippen molar-refractivity contribution in [2.75, 3.05) is 25.1 Å². The van der Waals surface area contributed by atoms with E-state index in [2.05, 4.69) is 33.3 Å². The summed E-state index contributed by atoms with van der Waals surface area (Å²) < 4.78 is 7.36. The van der Waals surface area contributed by atoms with Crippen molar-refractivity contribution >= 4 is 21.6 Å². The van der Waals surface area contributed by atoms with Crippen LogP contribution in [-0.2, 0) is 11.3 Å². The van der Waals surface area contributed by atoms with Crippen LogP contribution in [0, 0.1) is 0 Å². The van der Waals surface area contributed by atoms with Crippen LogP contribution in [0.5, 0.6) is 0 Å². The molecule has 0 aromatic carbocycles. The molecule has 1 heterocycles. The Kier molecular flexibility index (Phi) is 6.97. The van der Waals surface area contributed by atoms with Gasteiger partial charge in [0.15, 0.2) is 0 Å². The van der Waals surface area contributed by atoms with E-state index in [-0.39, 0.29) is 5.56 Å². The maximum absolute atomic E-state index is 11.8. The van der Waals surface area contributed by atoms with E-state index in [9.17, 15) is 4.79 Å². The van der Waals surface area contributed by atoms with Crippen molar-refractivity contribution in [3.8, 4) is 0 Å². The van der Waals surface area contributed by atoms with Gasteiger partial charge in [0.05, 0.1) is 18.5 Å². The molecular formula is C12H20BrN3O2. The number of nitrogens with zero attached hydrogens (tertiary/aromatic N) is 2. The zero-order valence-corrected chi connectivity index (χ0v) is 12.5. The number of aromatic nitrogens is 2. The summed E-state index contributed by atoms with van der Waals surface area (Å²) in [5, 5.41) is 7.19. The minimum Gasteiger partial charge on any atom is -0.380 e. The highest BCUT2D eigenvalue weighted by Crippen LogP contribution is 2.15. The highest BCUT2D eigenvalue weighted by molar-refractivity contribution is 9.10. The number of anilines is 1. The number of hydrogen-bond acceptors (Lipinski definition) is 4. The summed E-state index contributed by atoms with van der Waals surface area (Å²) in [4.78, 5) is 11.8. The molecule has 0 fully saturated rings. The Morgan fingerprint density at radius 3 is 2.89 bits per heavy atom. The van der Waals surface area contributed by atoms with E-state index in [1.54, 1.807) is 6.20 Å². The van der Waals surface area contributed by atoms with Gasteiger partial charge in [0, 0.05) is 19.7 Å². The molecule has 6 heteroatoms. The molecule has 5 nitrogen and oxygen atoms in total. The molecule has 0 spiro atoms. The van der Waals surface area contributed by atoms with Gasteiger partial charge in [0.2, 0.25) is 0 Å². The molecule has 0 saturated carbocycles. The fraction of sp³-hybridized carbons (Fsp3) is 0.667. The lowest BCUT2D eigenvalue weighted by Crippen LogP contribution is -2.24. The van der Waals surface area contributed by atoms with Crippen molar-refractivity contribution in [2.45, 2.75) is 33.2 Å². The lowest BCUT2D eigenvalue weighted by atomic mass is 10.4. The van der Waals surface area contributed by atoms with E-state index in [1.807, 2.05) is 6.92 Å². The number of rotatable bonds is 8. The maximum atomic E-state index is 11.8. The molecule has 1 rings (SSSR count). The average molecular weight is 318 g/mol. The second-order valence-corrected chi connectivity index (χ2v) is 4.68. The monoisotopic (exact) mass is 317 g/mol. The van der Waals surface area contributed by atoms with Crippen molar-refractivity contribution in [3.05, 3.63) is 21.0 Å². The summed E-state index contributed by atoms with van der Waals surface area (Å²) in [5.41, 5.74) is 0.596. The molecule has 102 valence electrons. The lowest BCUT2D eigenvalue weighted by molar-refractivity contribution is 0.141. The quantitative estimate of drug-likeness (QED) is 0.747. The Bertz CT molecular complexity index is 420. The van der Waals surface area contributed by atoms with Gasteiger partial charge in [-0.05, 0) is 29.3 Å². The maximum Gasteiger partial charge on any atom is 0.283 e. The topological polar surface area (TPSA) is 56.1 Å². The third-order valence-electron chi connectivity index (χ3n) is 2.49. The van der Waals surface area contributed by atoms with Gasteiger partial charge in [-0.3, -0.25) is 4.79 Å². The summed E-state index contributed by atoms with van der Waals surface area (Å²) in [7, 11) is 0. The number of ether oxygens (including phenoxy) is 1. The molecule has 1 aromatic rings. The second kappa shape index (κ2) is 8.26. The predicted octanol–water partition coefficient (Wildman–Crippen LogP) is 2.25. The summed E-state index contributed by atoms with van der Waals surface area (Å²) in [6.07, 6.45) is 3.87. The molecule has 0 aliphatic carbocycles. The largest absolute Gasteiger partial charge is 0.380 e. The Hall–Kier alpha value is -0.880. The summed E-state index contributed by atoms with van der Waals surface area (Å²) >= 11 is 3.29. The second-order valence-electron chi connectivity index (χ2n) is 3.89. The van der Waals surface area contributed by atoms with Gasteiger partial charge in [-0.25, -0.2) is 4.68 Å². The van der Waals surface area contributed by atoms with E-state index in [0.717, 1.165) is 19.4 Å². The molecule has 0 atom stereocenters. The van der Waals surface area contributed by atoms with Crippen molar-refractivity contribution < 1.29 is 4.74 Å². The number of halogens is 1. The minimum atomic E-state index is -0.116. The van der Waals surface area contributed by atoms with Crippen LogP contribution >= 0.6 is 15.9 Å². The lowest BCUT2D eigenvalue weighted by Gasteiger charge is -2.09. The SMILES string of the molecule is CCCCOCCNc1cnn(CC)c(=O)c1Br. The molecule has 0 aliphatic rings. The van der Waals surface area contributed by atoms with Crippen LogP contribution < -0.4 is 10.9 Å². The number of aryl methyl sites for hydroxylation is 1. The van der Waals surface area contributed by atoms with Crippen molar-refractivity contribution in [1.82, 2.24) is 9.78 Å². The Morgan fingerprint density at radius 2 is 2.22 bits per heavy atom. The molecule has 0 amide bonds. The van der Waals surface area contributed by atoms with Gasteiger partial charge >= 0.3 is 0 Å². The van der Waals surface area contributed by atoms with Crippen molar-refractivity contribution in [2.24, 2.45) is 0 Å². The predicted molar refractivity (Wildman–Crippen MR) is 76.1 cm³/mol. The fourth-order valence-electron chi connectivity index (χ4n) is 1.42. The summed E-state index contributed by atoms with van der Waals surface area (Å²) in [6, 6.07) is 0. The van der Waals surface area contributed by atoms with Gasteiger partial charge in [-0.1, -0.05) is 13.3 Å². The molecule has 0 radical (unpaired) electrons. The molecule has 0 saturated heterocycles. The van der Waals surface area contributed by atoms with Gasteiger partial charge in [-0.2, -0.15) is 5.10 Å². The van der Waals surface area contributed by atoms with Crippen LogP contribution in [0.4, 0.5) is 5.69 Å². The zero-order chi connectivity index (χ0) is 13.4.